The highest BCUT2D eigenvalue weighted by Gasteiger charge is 2.32. The molecule has 46 heavy (non-hydrogen) atoms. The largest absolute Gasteiger partial charge is 0.490 e. The van der Waals surface area contributed by atoms with Crippen LogP contribution in [0.3, 0.4) is 0 Å². The third-order valence-corrected chi connectivity index (χ3v) is 9.68. The Morgan fingerprint density at radius 1 is 1.00 bits per heavy atom. The lowest BCUT2D eigenvalue weighted by Crippen LogP contribution is -2.38. The summed E-state index contributed by atoms with van der Waals surface area (Å²) in [6.07, 6.45) is 3.61. The molecule has 1 aliphatic heterocycles. The van der Waals surface area contributed by atoms with E-state index in [1.165, 1.54) is 29.0 Å². The van der Waals surface area contributed by atoms with Gasteiger partial charge in [0.15, 0.2) is 16.3 Å². The summed E-state index contributed by atoms with van der Waals surface area (Å²) in [7, 11) is 0. The van der Waals surface area contributed by atoms with Crippen LogP contribution in [0.5, 0.6) is 11.5 Å². The Kier molecular flexibility index (Phi) is 8.14. The Balaban J connectivity index is 1.27. The summed E-state index contributed by atoms with van der Waals surface area (Å²) in [5.74, 6) is 1.09. The first-order chi connectivity index (χ1) is 22.4. The molecule has 8 nitrogen and oxygen atoms in total. The predicted octanol–water partition coefficient (Wildman–Crippen LogP) is 6.97. The molecule has 0 spiro atoms. The molecule has 0 fully saturated rings. The molecule has 0 unspecified atom stereocenters. The number of aromatic nitrogens is 1. The lowest BCUT2D eigenvalue weighted by molar-refractivity contribution is -0.384. The van der Waals surface area contributed by atoms with Gasteiger partial charge in [0.25, 0.3) is 11.2 Å². The Hall–Kier alpha value is -4.80. The van der Waals surface area contributed by atoms with Crippen LogP contribution in [-0.2, 0) is 13.0 Å². The molecule has 0 bridgehead atoms. The number of nitro benzene ring substituents is 1. The topological polar surface area (TPSA) is 96.0 Å². The second-order valence-electron chi connectivity index (χ2n) is 11.0. The van der Waals surface area contributed by atoms with Crippen molar-refractivity contribution in [2.75, 3.05) is 6.61 Å². The fourth-order valence-corrected chi connectivity index (χ4v) is 7.26. The average Bonchev–Trinajstić information content (AvgIpc) is 3.38. The standard InChI is InChI=1S/C36H28BrN3O5S/c1-2-44-31-19-23(9-18-30(31)45-21-22-7-15-27(16-8-22)40(42)43)20-32-35(41)39-34(25-10-13-26(37)14-11-25)29-17-12-24-5-3-4-6-28(24)33(29)38-36(39)46-32/h3-11,13-16,18-20,34H,2,12,17,21H2,1H3/b32-20+/t34-/m1/s1. The second kappa shape index (κ2) is 12.5. The van der Waals surface area contributed by atoms with Crippen molar-refractivity contribution in [2.45, 2.75) is 32.4 Å². The quantitative estimate of drug-likeness (QED) is 0.129. The molecule has 10 heteroatoms. The van der Waals surface area contributed by atoms with E-state index >= 15 is 0 Å². The van der Waals surface area contributed by atoms with Gasteiger partial charge in [-0.05, 0) is 90.1 Å². The first-order valence-electron chi connectivity index (χ1n) is 14.9. The van der Waals surface area contributed by atoms with Crippen LogP contribution in [0.2, 0.25) is 0 Å². The first kappa shape index (κ1) is 29.9. The first-order valence-corrected chi connectivity index (χ1v) is 16.5. The maximum atomic E-state index is 14.1. The maximum absolute atomic E-state index is 14.1. The van der Waals surface area contributed by atoms with Crippen molar-refractivity contribution in [1.29, 1.82) is 0 Å². The average molecular weight is 695 g/mol. The van der Waals surface area contributed by atoms with Crippen LogP contribution >= 0.6 is 27.3 Å². The Bertz CT molecular complexity index is 2190. The molecule has 230 valence electrons. The normalized spacial score (nSPS) is 15.4. The summed E-state index contributed by atoms with van der Waals surface area (Å²) in [4.78, 5) is 30.5. The van der Waals surface area contributed by atoms with E-state index in [2.05, 4.69) is 46.3 Å². The predicted molar refractivity (Wildman–Crippen MR) is 182 cm³/mol. The number of nitrogens with zero attached hydrogens (tertiary/aromatic N) is 3. The minimum absolute atomic E-state index is 0.0292. The third kappa shape index (κ3) is 5.70. The van der Waals surface area contributed by atoms with E-state index in [1.807, 2.05) is 54.0 Å². The molecular formula is C36H28BrN3O5S. The number of hydrogen-bond donors (Lipinski definition) is 0. The van der Waals surface area contributed by atoms with Crippen LogP contribution in [0.1, 0.15) is 47.2 Å². The lowest BCUT2D eigenvalue weighted by atomic mass is 9.83. The van der Waals surface area contributed by atoms with Gasteiger partial charge in [0.2, 0.25) is 0 Å². The van der Waals surface area contributed by atoms with Crippen LogP contribution < -0.4 is 24.4 Å². The molecule has 1 atom stereocenters. The molecule has 2 heterocycles. The number of benzene rings is 4. The van der Waals surface area contributed by atoms with Crippen LogP contribution in [0.4, 0.5) is 5.69 Å². The number of allylic oxidation sites excluding steroid dienone is 1. The molecule has 0 saturated carbocycles. The summed E-state index contributed by atoms with van der Waals surface area (Å²) in [5.41, 5.74) is 7.12. The van der Waals surface area contributed by atoms with Gasteiger partial charge in [0, 0.05) is 22.2 Å². The van der Waals surface area contributed by atoms with Crippen LogP contribution in [0, 0.1) is 10.1 Å². The minimum atomic E-state index is -0.429. The highest BCUT2D eigenvalue weighted by atomic mass is 79.9. The molecule has 1 aromatic heterocycles. The number of nitro groups is 1. The Labute approximate surface area is 276 Å². The van der Waals surface area contributed by atoms with Gasteiger partial charge in [0.05, 0.1) is 27.8 Å². The molecule has 0 N–H and O–H groups in total. The molecule has 7 rings (SSSR count). The van der Waals surface area contributed by atoms with Crippen molar-refractivity contribution in [3.05, 3.63) is 159 Å². The molecular weight excluding hydrogens is 666 g/mol. The van der Waals surface area contributed by atoms with Crippen LogP contribution in [0.15, 0.2) is 111 Å². The molecule has 2 aliphatic rings. The van der Waals surface area contributed by atoms with Gasteiger partial charge in [0.1, 0.15) is 6.61 Å². The van der Waals surface area contributed by atoms with Crippen molar-refractivity contribution in [3.8, 4) is 11.5 Å². The highest BCUT2D eigenvalue weighted by molar-refractivity contribution is 9.10. The number of fused-ring (bicyclic) bond motifs is 3. The Morgan fingerprint density at radius 3 is 2.54 bits per heavy atom. The zero-order valence-corrected chi connectivity index (χ0v) is 27.2. The van der Waals surface area contributed by atoms with Crippen molar-refractivity contribution < 1.29 is 14.4 Å². The van der Waals surface area contributed by atoms with Crippen molar-refractivity contribution >= 4 is 44.7 Å². The molecule has 5 aromatic rings. The molecule has 4 aromatic carbocycles. The molecule has 0 radical (unpaired) electrons. The molecule has 1 aliphatic carbocycles. The number of ether oxygens (including phenoxy) is 2. The van der Waals surface area contributed by atoms with Gasteiger partial charge < -0.3 is 9.47 Å². The van der Waals surface area contributed by atoms with Crippen molar-refractivity contribution in [2.24, 2.45) is 4.99 Å². The van der Waals surface area contributed by atoms with Crippen LogP contribution in [-0.4, -0.2) is 16.1 Å². The number of halogens is 1. The van der Waals surface area contributed by atoms with Crippen molar-refractivity contribution in [1.82, 2.24) is 4.57 Å². The van der Waals surface area contributed by atoms with E-state index in [1.54, 1.807) is 12.1 Å². The fraction of sp³-hybridized carbons (Fsp3) is 0.167. The van der Waals surface area contributed by atoms with E-state index in [0.29, 0.717) is 27.4 Å². The summed E-state index contributed by atoms with van der Waals surface area (Å²) in [5, 5.41) is 11.0. The van der Waals surface area contributed by atoms with E-state index < -0.39 is 4.92 Å². The summed E-state index contributed by atoms with van der Waals surface area (Å²) < 4.78 is 15.3. The zero-order valence-electron chi connectivity index (χ0n) is 24.8. The van der Waals surface area contributed by atoms with E-state index in [4.69, 9.17) is 14.5 Å². The zero-order chi connectivity index (χ0) is 31.8. The number of thiazole rings is 1. The molecule has 0 saturated heterocycles. The van der Waals surface area contributed by atoms with Gasteiger partial charge in [-0.15, -0.1) is 0 Å². The van der Waals surface area contributed by atoms with E-state index in [9.17, 15) is 14.9 Å². The number of non-ortho nitro benzene ring substituents is 1. The Morgan fingerprint density at radius 2 is 1.78 bits per heavy atom. The summed E-state index contributed by atoms with van der Waals surface area (Å²) in [6.45, 7) is 2.55. The van der Waals surface area contributed by atoms with E-state index in [0.717, 1.165) is 50.8 Å². The number of rotatable bonds is 8. The SMILES string of the molecule is CCOc1cc(/C=c2/sc3n(c2=O)[C@H](c2ccc(Br)cc2)C2=C(N=3)c3ccccc3CC2)ccc1OCc1ccc([N+](=O)[O-])cc1. The smallest absolute Gasteiger partial charge is 0.271 e. The minimum Gasteiger partial charge on any atom is -0.490 e. The van der Waals surface area contributed by atoms with Crippen molar-refractivity contribution in [3.63, 3.8) is 0 Å². The second-order valence-corrected chi connectivity index (χ2v) is 12.9. The van der Waals surface area contributed by atoms with Crippen LogP contribution in [0.25, 0.3) is 11.8 Å². The fourth-order valence-electron chi connectivity index (χ4n) is 6.00. The lowest BCUT2D eigenvalue weighted by Gasteiger charge is -2.30. The van der Waals surface area contributed by atoms with E-state index in [-0.39, 0.29) is 23.9 Å². The highest BCUT2D eigenvalue weighted by Crippen LogP contribution is 2.41. The third-order valence-electron chi connectivity index (χ3n) is 8.17. The molecule has 0 amide bonds. The summed E-state index contributed by atoms with van der Waals surface area (Å²) >= 11 is 4.94. The van der Waals surface area contributed by atoms with Gasteiger partial charge in [-0.3, -0.25) is 19.5 Å². The van der Waals surface area contributed by atoms with Gasteiger partial charge in [-0.25, -0.2) is 4.99 Å². The van der Waals surface area contributed by atoms with Gasteiger partial charge in [-0.2, -0.15) is 0 Å². The monoisotopic (exact) mass is 693 g/mol. The number of aryl methyl sites for hydroxylation is 1. The summed E-state index contributed by atoms with van der Waals surface area (Å²) in [6, 6.07) is 28.2. The maximum Gasteiger partial charge on any atom is 0.271 e. The van der Waals surface area contributed by atoms with Gasteiger partial charge in [-0.1, -0.05) is 69.7 Å². The number of hydrogen-bond acceptors (Lipinski definition) is 7. The van der Waals surface area contributed by atoms with Gasteiger partial charge >= 0.3 is 0 Å².